The summed E-state index contributed by atoms with van der Waals surface area (Å²) in [5.74, 6) is 0.288. The van der Waals surface area contributed by atoms with E-state index in [2.05, 4.69) is 15.3 Å². The van der Waals surface area contributed by atoms with Crippen molar-refractivity contribution in [3.63, 3.8) is 0 Å². The number of hydrogen-bond donors (Lipinski definition) is 1. The molecule has 0 fully saturated rings. The molecule has 18 heavy (non-hydrogen) atoms. The van der Waals surface area contributed by atoms with E-state index in [1.54, 1.807) is 31.3 Å². The van der Waals surface area contributed by atoms with Gasteiger partial charge in [-0.15, -0.1) is 0 Å². The SMILES string of the molecule is Cc1nccc(C(=O)Nc2cc(Cl)ccc2C)n1. The molecule has 4 nitrogen and oxygen atoms in total. The molecule has 0 saturated carbocycles. The van der Waals surface area contributed by atoms with Gasteiger partial charge in [-0.25, -0.2) is 9.97 Å². The summed E-state index contributed by atoms with van der Waals surface area (Å²) >= 11 is 5.89. The van der Waals surface area contributed by atoms with E-state index in [0.717, 1.165) is 5.56 Å². The molecule has 0 atom stereocenters. The van der Waals surface area contributed by atoms with Crippen LogP contribution < -0.4 is 5.32 Å². The molecule has 2 aromatic rings. The van der Waals surface area contributed by atoms with Crippen LogP contribution in [0.2, 0.25) is 5.02 Å². The summed E-state index contributed by atoms with van der Waals surface area (Å²) in [7, 11) is 0. The van der Waals surface area contributed by atoms with E-state index < -0.39 is 0 Å². The minimum atomic E-state index is -0.272. The van der Waals surface area contributed by atoms with Gasteiger partial charge in [-0.05, 0) is 37.6 Å². The minimum Gasteiger partial charge on any atom is -0.320 e. The number of carbonyl (C=O) groups is 1. The summed E-state index contributed by atoms with van der Waals surface area (Å²) in [5.41, 5.74) is 1.96. The molecule has 2 rings (SSSR count). The Labute approximate surface area is 110 Å². The molecule has 1 N–H and O–H groups in total. The maximum Gasteiger partial charge on any atom is 0.274 e. The number of carbonyl (C=O) groups excluding carboxylic acids is 1. The van der Waals surface area contributed by atoms with Crippen molar-refractivity contribution in [2.45, 2.75) is 13.8 Å². The number of benzene rings is 1. The van der Waals surface area contributed by atoms with Crippen molar-refractivity contribution in [3.05, 3.63) is 52.6 Å². The van der Waals surface area contributed by atoms with Crippen molar-refractivity contribution in [2.24, 2.45) is 0 Å². The second kappa shape index (κ2) is 5.14. The summed E-state index contributed by atoms with van der Waals surface area (Å²) in [4.78, 5) is 20.0. The van der Waals surface area contributed by atoms with Crippen molar-refractivity contribution in [1.29, 1.82) is 0 Å². The summed E-state index contributed by atoms with van der Waals surface area (Å²) in [6, 6.07) is 6.91. The van der Waals surface area contributed by atoms with Crippen molar-refractivity contribution in [3.8, 4) is 0 Å². The first-order chi connectivity index (χ1) is 8.56. The predicted octanol–water partition coefficient (Wildman–Crippen LogP) is 3.00. The van der Waals surface area contributed by atoms with Crippen LogP contribution in [0.1, 0.15) is 21.9 Å². The molecule has 0 aliphatic carbocycles. The molecule has 0 aliphatic rings. The van der Waals surface area contributed by atoms with Gasteiger partial charge in [-0.2, -0.15) is 0 Å². The van der Waals surface area contributed by atoms with Gasteiger partial charge >= 0.3 is 0 Å². The summed E-state index contributed by atoms with van der Waals surface area (Å²) in [6.07, 6.45) is 1.56. The average Bonchev–Trinajstić information content (AvgIpc) is 2.34. The third-order valence-electron chi connectivity index (χ3n) is 2.46. The van der Waals surface area contributed by atoms with Crippen LogP contribution in [0.25, 0.3) is 0 Å². The Morgan fingerprint density at radius 2 is 2.06 bits per heavy atom. The normalized spacial score (nSPS) is 10.2. The van der Waals surface area contributed by atoms with Crippen LogP contribution in [0.5, 0.6) is 0 Å². The van der Waals surface area contributed by atoms with E-state index in [1.807, 2.05) is 13.0 Å². The molecule has 0 unspecified atom stereocenters. The van der Waals surface area contributed by atoms with Gasteiger partial charge in [-0.1, -0.05) is 17.7 Å². The number of nitrogens with one attached hydrogen (secondary N) is 1. The lowest BCUT2D eigenvalue weighted by atomic mass is 10.2. The maximum absolute atomic E-state index is 12.0. The lowest BCUT2D eigenvalue weighted by Crippen LogP contribution is -2.15. The molecule has 1 aromatic heterocycles. The fourth-order valence-corrected chi connectivity index (χ4v) is 1.67. The second-order valence-corrected chi connectivity index (χ2v) is 4.34. The van der Waals surface area contributed by atoms with E-state index in [1.165, 1.54) is 0 Å². The first kappa shape index (κ1) is 12.5. The highest BCUT2D eigenvalue weighted by Gasteiger charge is 2.09. The standard InChI is InChI=1S/C13H12ClN3O/c1-8-3-4-10(14)7-12(8)17-13(18)11-5-6-15-9(2)16-11/h3-7H,1-2H3,(H,17,18). The zero-order valence-corrected chi connectivity index (χ0v) is 10.8. The number of anilines is 1. The highest BCUT2D eigenvalue weighted by atomic mass is 35.5. The Kier molecular flexibility index (Phi) is 3.58. The van der Waals surface area contributed by atoms with Crippen LogP contribution in [-0.2, 0) is 0 Å². The molecule has 5 heteroatoms. The number of halogens is 1. The Balaban J connectivity index is 2.24. The first-order valence-corrected chi connectivity index (χ1v) is 5.81. The van der Waals surface area contributed by atoms with Gasteiger partial charge in [0.1, 0.15) is 11.5 Å². The molecule has 0 radical (unpaired) electrons. The Morgan fingerprint density at radius 1 is 1.28 bits per heavy atom. The monoisotopic (exact) mass is 261 g/mol. The van der Waals surface area contributed by atoms with Crippen molar-refractivity contribution >= 4 is 23.2 Å². The summed E-state index contributed by atoms with van der Waals surface area (Å²) in [6.45, 7) is 3.64. The Bertz CT molecular complexity index is 599. The number of rotatable bonds is 2. The lowest BCUT2D eigenvalue weighted by molar-refractivity contribution is 0.102. The molecule has 0 aliphatic heterocycles. The average molecular weight is 262 g/mol. The Morgan fingerprint density at radius 3 is 2.78 bits per heavy atom. The maximum atomic E-state index is 12.0. The van der Waals surface area contributed by atoms with Crippen molar-refractivity contribution in [2.75, 3.05) is 5.32 Å². The van der Waals surface area contributed by atoms with Gasteiger partial charge in [0.2, 0.25) is 0 Å². The topological polar surface area (TPSA) is 54.9 Å². The zero-order valence-electron chi connectivity index (χ0n) is 10.1. The van der Waals surface area contributed by atoms with Gasteiger partial charge < -0.3 is 5.32 Å². The van der Waals surface area contributed by atoms with Gasteiger partial charge in [0.05, 0.1) is 0 Å². The second-order valence-electron chi connectivity index (χ2n) is 3.90. The lowest BCUT2D eigenvalue weighted by Gasteiger charge is -2.08. The minimum absolute atomic E-state index is 0.272. The largest absolute Gasteiger partial charge is 0.320 e. The molecular weight excluding hydrogens is 250 g/mol. The highest BCUT2D eigenvalue weighted by Crippen LogP contribution is 2.20. The van der Waals surface area contributed by atoms with E-state index in [0.29, 0.717) is 22.2 Å². The third-order valence-corrected chi connectivity index (χ3v) is 2.69. The number of amides is 1. The number of aromatic nitrogens is 2. The van der Waals surface area contributed by atoms with Gasteiger partial charge in [0, 0.05) is 16.9 Å². The van der Waals surface area contributed by atoms with Crippen molar-refractivity contribution in [1.82, 2.24) is 9.97 Å². The third kappa shape index (κ3) is 2.84. The van der Waals surface area contributed by atoms with E-state index in [4.69, 9.17) is 11.6 Å². The molecule has 0 spiro atoms. The van der Waals surface area contributed by atoms with E-state index in [9.17, 15) is 4.79 Å². The fourth-order valence-electron chi connectivity index (χ4n) is 1.50. The zero-order chi connectivity index (χ0) is 13.1. The van der Waals surface area contributed by atoms with Crippen LogP contribution in [0.4, 0.5) is 5.69 Å². The van der Waals surface area contributed by atoms with Crippen LogP contribution in [0.3, 0.4) is 0 Å². The quantitative estimate of drug-likeness (QED) is 0.904. The van der Waals surface area contributed by atoms with E-state index >= 15 is 0 Å². The molecular formula is C13H12ClN3O. The first-order valence-electron chi connectivity index (χ1n) is 5.43. The number of nitrogens with zero attached hydrogens (tertiary/aromatic N) is 2. The molecule has 1 aromatic carbocycles. The molecule has 0 bridgehead atoms. The molecule has 0 saturated heterocycles. The van der Waals surface area contributed by atoms with Gasteiger partial charge in [0.25, 0.3) is 5.91 Å². The molecule has 1 amide bonds. The number of hydrogen-bond acceptors (Lipinski definition) is 3. The van der Waals surface area contributed by atoms with Crippen LogP contribution in [0.15, 0.2) is 30.5 Å². The van der Waals surface area contributed by atoms with Crippen LogP contribution in [-0.4, -0.2) is 15.9 Å². The van der Waals surface area contributed by atoms with Gasteiger partial charge in [0.15, 0.2) is 0 Å². The number of aryl methyl sites for hydroxylation is 2. The molecule has 1 heterocycles. The van der Waals surface area contributed by atoms with Crippen LogP contribution >= 0.6 is 11.6 Å². The Hall–Kier alpha value is -1.94. The molecule has 92 valence electrons. The fraction of sp³-hybridized carbons (Fsp3) is 0.154. The van der Waals surface area contributed by atoms with Gasteiger partial charge in [-0.3, -0.25) is 4.79 Å². The predicted molar refractivity (Wildman–Crippen MR) is 70.9 cm³/mol. The smallest absolute Gasteiger partial charge is 0.274 e. The highest BCUT2D eigenvalue weighted by molar-refractivity contribution is 6.31. The van der Waals surface area contributed by atoms with Crippen LogP contribution in [0, 0.1) is 13.8 Å². The van der Waals surface area contributed by atoms with Crippen molar-refractivity contribution < 1.29 is 4.79 Å². The summed E-state index contributed by atoms with van der Waals surface area (Å²) in [5, 5.41) is 3.36. The summed E-state index contributed by atoms with van der Waals surface area (Å²) < 4.78 is 0. The van der Waals surface area contributed by atoms with E-state index in [-0.39, 0.29) is 5.91 Å².